The number of hydrogen-bond acceptors (Lipinski definition) is 5. The summed E-state index contributed by atoms with van der Waals surface area (Å²) < 4.78 is 9.57. The lowest BCUT2D eigenvalue weighted by molar-refractivity contribution is -0.144. The second kappa shape index (κ2) is 8.51. The molecule has 0 saturated heterocycles. The maximum absolute atomic E-state index is 11.7. The lowest BCUT2D eigenvalue weighted by atomic mass is 10.0. The number of carbonyl (C=O) groups excluding carboxylic acids is 3. The number of carbonyl (C=O) groups is 3. The molecule has 0 aromatic carbocycles. The van der Waals surface area contributed by atoms with Crippen LogP contribution in [0.15, 0.2) is 11.6 Å². The van der Waals surface area contributed by atoms with Crippen LogP contribution in [0.3, 0.4) is 0 Å². The molecular weight excluding hydrogens is 260 g/mol. The van der Waals surface area contributed by atoms with Gasteiger partial charge in [0.25, 0.3) is 0 Å². The number of ketones is 1. The Hall–Kier alpha value is -1.65. The van der Waals surface area contributed by atoms with Gasteiger partial charge in [-0.15, -0.1) is 0 Å². The normalized spacial score (nSPS) is 17.8. The van der Waals surface area contributed by atoms with Crippen molar-refractivity contribution < 1.29 is 23.9 Å². The van der Waals surface area contributed by atoms with Crippen LogP contribution in [-0.4, -0.2) is 30.9 Å². The average Bonchev–Trinajstić information content (AvgIpc) is 2.72. The summed E-state index contributed by atoms with van der Waals surface area (Å²) in [6.45, 7) is 1.34. The molecule has 0 aliphatic heterocycles. The smallest absolute Gasteiger partial charge is 0.305 e. The molecule has 20 heavy (non-hydrogen) atoms. The number of hydrogen-bond donors (Lipinski definition) is 0. The van der Waals surface area contributed by atoms with Crippen LogP contribution in [0.25, 0.3) is 0 Å². The largest absolute Gasteiger partial charge is 0.469 e. The number of allylic oxidation sites excluding steroid dienone is 1. The first kappa shape index (κ1) is 16.4. The predicted molar refractivity (Wildman–Crippen MR) is 73.0 cm³/mol. The summed E-state index contributed by atoms with van der Waals surface area (Å²) in [7, 11) is 1.39. The Balaban J connectivity index is 2.16. The average molecular weight is 282 g/mol. The minimum absolute atomic E-state index is 0.0748. The van der Waals surface area contributed by atoms with E-state index in [-0.39, 0.29) is 30.2 Å². The lowest BCUT2D eigenvalue weighted by Gasteiger charge is -2.05. The van der Waals surface area contributed by atoms with E-state index in [1.54, 1.807) is 6.08 Å². The fourth-order valence-corrected chi connectivity index (χ4v) is 2.24. The molecule has 5 nitrogen and oxygen atoms in total. The summed E-state index contributed by atoms with van der Waals surface area (Å²) in [5.41, 5.74) is 0.768. The molecule has 112 valence electrons. The van der Waals surface area contributed by atoms with Crippen molar-refractivity contribution >= 4 is 17.7 Å². The predicted octanol–water partition coefficient (Wildman–Crippen LogP) is 2.33. The van der Waals surface area contributed by atoms with Crippen LogP contribution in [0, 0.1) is 0 Å². The van der Waals surface area contributed by atoms with Crippen molar-refractivity contribution in [3.8, 4) is 0 Å². The van der Waals surface area contributed by atoms with E-state index in [0.29, 0.717) is 6.42 Å². The molecule has 1 aliphatic rings. The Morgan fingerprint density at radius 1 is 1.25 bits per heavy atom. The van der Waals surface area contributed by atoms with Gasteiger partial charge >= 0.3 is 11.9 Å². The first-order valence-electron chi connectivity index (χ1n) is 7.01. The molecule has 0 heterocycles. The molecule has 0 amide bonds. The molecule has 0 radical (unpaired) electrons. The summed E-state index contributed by atoms with van der Waals surface area (Å²) in [5.74, 6) is -0.461. The molecule has 0 unspecified atom stereocenters. The maximum atomic E-state index is 11.7. The number of unbranched alkanes of at least 4 members (excludes halogenated alkanes) is 3. The molecule has 0 saturated carbocycles. The molecule has 0 fully saturated rings. The number of methoxy groups -OCH3 is 1. The van der Waals surface area contributed by atoms with Gasteiger partial charge in [0.2, 0.25) is 0 Å². The standard InChI is InChI=1S/C15H22O5/c1-11(16)20-13-9-12(14(17)10-13)7-5-3-4-6-8-15(18)19-2/h9,13H,3-8,10H2,1-2H3/t13-/m1/s1. The van der Waals surface area contributed by atoms with Gasteiger partial charge < -0.3 is 9.47 Å². The van der Waals surface area contributed by atoms with E-state index in [2.05, 4.69) is 4.74 Å². The fraction of sp³-hybridized carbons (Fsp3) is 0.667. The summed E-state index contributed by atoms with van der Waals surface area (Å²) in [6, 6.07) is 0. The van der Waals surface area contributed by atoms with Crippen LogP contribution < -0.4 is 0 Å². The van der Waals surface area contributed by atoms with Crippen LogP contribution in [0.1, 0.15) is 51.9 Å². The third kappa shape index (κ3) is 5.99. The van der Waals surface area contributed by atoms with Crippen LogP contribution in [0.5, 0.6) is 0 Å². The minimum atomic E-state index is -0.380. The van der Waals surface area contributed by atoms with Crippen molar-refractivity contribution in [1.29, 1.82) is 0 Å². The van der Waals surface area contributed by atoms with Gasteiger partial charge in [0.05, 0.1) is 13.5 Å². The molecule has 5 heteroatoms. The molecular formula is C15H22O5. The maximum Gasteiger partial charge on any atom is 0.305 e. The highest BCUT2D eigenvalue weighted by Crippen LogP contribution is 2.22. The summed E-state index contributed by atoms with van der Waals surface area (Å²) >= 11 is 0. The van der Waals surface area contributed by atoms with Gasteiger partial charge in [0.15, 0.2) is 5.78 Å². The van der Waals surface area contributed by atoms with Crippen molar-refractivity contribution in [2.75, 3.05) is 7.11 Å². The fourth-order valence-electron chi connectivity index (χ4n) is 2.24. The highest BCUT2D eigenvalue weighted by Gasteiger charge is 2.25. The van der Waals surface area contributed by atoms with Crippen molar-refractivity contribution in [2.24, 2.45) is 0 Å². The Morgan fingerprint density at radius 3 is 2.60 bits per heavy atom. The highest BCUT2D eigenvalue weighted by atomic mass is 16.5. The lowest BCUT2D eigenvalue weighted by Crippen LogP contribution is -2.12. The Bertz CT molecular complexity index is 397. The van der Waals surface area contributed by atoms with Gasteiger partial charge in [-0.2, -0.15) is 0 Å². The number of Topliss-reactive ketones (excluding diaryl/α,β-unsaturated/α-hetero) is 1. The van der Waals surface area contributed by atoms with Gasteiger partial charge in [0.1, 0.15) is 6.10 Å². The van der Waals surface area contributed by atoms with Gasteiger partial charge in [-0.3, -0.25) is 14.4 Å². The van der Waals surface area contributed by atoms with Gasteiger partial charge in [-0.05, 0) is 30.9 Å². The first-order chi connectivity index (χ1) is 9.52. The zero-order valence-electron chi connectivity index (χ0n) is 12.1. The summed E-state index contributed by atoms with van der Waals surface area (Å²) in [5, 5.41) is 0. The number of rotatable bonds is 8. The van der Waals surface area contributed by atoms with Crippen LogP contribution in [0.4, 0.5) is 0 Å². The Morgan fingerprint density at radius 2 is 1.95 bits per heavy atom. The van der Waals surface area contributed by atoms with Crippen molar-refractivity contribution in [1.82, 2.24) is 0 Å². The summed E-state index contributed by atoms with van der Waals surface area (Å²) in [4.78, 5) is 33.4. The minimum Gasteiger partial charge on any atom is -0.469 e. The third-order valence-electron chi connectivity index (χ3n) is 3.25. The molecule has 0 aromatic rings. The second-order valence-electron chi connectivity index (χ2n) is 4.96. The van der Waals surface area contributed by atoms with E-state index >= 15 is 0 Å². The van der Waals surface area contributed by atoms with Crippen LogP contribution in [0.2, 0.25) is 0 Å². The zero-order valence-corrected chi connectivity index (χ0v) is 12.1. The molecule has 1 atom stereocenters. The van der Waals surface area contributed by atoms with Crippen molar-refractivity contribution in [3.63, 3.8) is 0 Å². The number of esters is 2. The highest BCUT2D eigenvalue weighted by molar-refractivity contribution is 5.98. The molecule has 0 aromatic heterocycles. The van der Waals surface area contributed by atoms with Crippen molar-refractivity contribution in [2.45, 2.75) is 58.0 Å². The van der Waals surface area contributed by atoms with E-state index in [1.165, 1.54) is 14.0 Å². The van der Waals surface area contributed by atoms with E-state index in [1.807, 2.05) is 0 Å². The molecule has 1 rings (SSSR count). The second-order valence-corrected chi connectivity index (χ2v) is 4.96. The van der Waals surface area contributed by atoms with Gasteiger partial charge in [-0.25, -0.2) is 0 Å². The zero-order chi connectivity index (χ0) is 15.0. The molecule has 1 aliphatic carbocycles. The Labute approximate surface area is 119 Å². The van der Waals surface area contributed by atoms with E-state index in [4.69, 9.17) is 4.74 Å². The topological polar surface area (TPSA) is 69.7 Å². The molecule has 0 N–H and O–H groups in total. The third-order valence-corrected chi connectivity index (χ3v) is 3.25. The quantitative estimate of drug-likeness (QED) is 0.505. The van der Waals surface area contributed by atoms with Crippen LogP contribution >= 0.6 is 0 Å². The Kier molecular flexibility index (Phi) is 6.98. The van der Waals surface area contributed by atoms with Crippen LogP contribution in [-0.2, 0) is 23.9 Å². The van der Waals surface area contributed by atoms with E-state index in [9.17, 15) is 14.4 Å². The first-order valence-corrected chi connectivity index (χ1v) is 7.01. The monoisotopic (exact) mass is 282 g/mol. The molecule has 0 bridgehead atoms. The van der Waals surface area contributed by atoms with Gasteiger partial charge in [0, 0.05) is 13.3 Å². The van der Waals surface area contributed by atoms with Crippen molar-refractivity contribution in [3.05, 3.63) is 11.6 Å². The van der Waals surface area contributed by atoms with E-state index < -0.39 is 0 Å². The number of ether oxygens (including phenoxy) is 2. The SMILES string of the molecule is COC(=O)CCCCCCC1=C[C@@H](OC(C)=O)CC1=O. The molecule has 0 spiro atoms. The van der Waals surface area contributed by atoms with E-state index in [0.717, 1.165) is 37.7 Å². The van der Waals surface area contributed by atoms with Gasteiger partial charge in [-0.1, -0.05) is 12.8 Å². The summed E-state index contributed by atoms with van der Waals surface area (Å²) in [6.07, 6.45) is 6.47.